The van der Waals surface area contributed by atoms with Crippen molar-refractivity contribution in [1.29, 1.82) is 0 Å². The van der Waals surface area contributed by atoms with Gasteiger partial charge in [0.05, 0.1) is 4.90 Å². The van der Waals surface area contributed by atoms with Gasteiger partial charge in [-0.3, -0.25) is 0 Å². The number of rotatable bonds is 6. The van der Waals surface area contributed by atoms with Crippen molar-refractivity contribution in [3.8, 4) is 0 Å². The zero-order valence-corrected chi connectivity index (χ0v) is 13.8. The third-order valence-electron chi connectivity index (χ3n) is 4.02. The zero-order valence-electron chi connectivity index (χ0n) is 13.0. The Bertz CT molecular complexity index is 585. The Labute approximate surface area is 127 Å². The lowest BCUT2D eigenvalue weighted by Gasteiger charge is -2.22. The quantitative estimate of drug-likeness (QED) is 0.821. The van der Waals surface area contributed by atoms with Gasteiger partial charge in [0, 0.05) is 25.7 Å². The first-order valence-electron chi connectivity index (χ1n) is 7.43. The molecule has 1 aromatic carbocycles. The molecule has 0 atom stereocenters. The van der Waals surface area contributed by atoms with Gasteiger partial charge in [-0.15, -0.1) is 0 Å². The van der Waals surface area contributed by atoms with Crippen molar-refractivity contribution in [3.05, 3.63) is 29.3 Å². The maximum atomic E-state index is 12.5. The predicted octanol–water partition coefficient (Wildman–Crippen LogP) is 0.951. The summed E-state index contributed by atoms with van der Waals surface area (Å²) < 4.78 is 27.7. The number of hydrogen-bond donors (Lipinski definition) is 2. The first-order valence-corrected chi connectivity index (χ1v) is 8.91. The van der Waals surface area contributed by atoms with E-state index in [2.05, 4.69) is 28.8 Å². The summed E-state index contributed by atoms with van der Waals surface area (Å²) in [6, 6.07) is 5.93. The molecular weight excluding hydrogens is 286 g/mol. The van der Waals surface area contributed by atoms with Crippen LogP contribution in [0.2, 0.25) is 0 Å². The number of nitrogens with one attached hydrogen (secondary N) is 2. The molecule has 0 aliphatic carbocycles. The van der Waals surface area contributed by atoms with Crippen LogP contribution in [0.25, 0.3) is 0 Å². The average molecular weight is 311 g/mol. The second-order valence-electron chi connectivity index (χ2n) is 5.79. The summed E-state index contributed by atoms with van der Waals surface area (Å²) in [5, 5.41) is 3.27. The molecule has 0 saturated carbocycles. The molecule has 0 bridgehead atoms. The Kier molecular flexibility index (Phi) is 5.37. The molecule has 0 aromatic heterocycles. The summed E-state index contributed by atoms with van der Waals surface area (Å²) in [7, 11) is -1.43. The Hall–Kier alpha value is -0.950. The van der Waals surface area contributed by atoms with Gasteiger partial charge in [-0.2, -0.15) is 0 Å². The molecule has 6 heteroatoms. The van der Waals surface area contributed by atoms with Crippen molar-refractivity contribution in [2.24, 2.45) is 0 Å². The minimum atomic E-state index is -3.43. The van der Waals surface area contributed by atoms with Crippen molar-refractivity contribution in [3.63, 3.8) is 0 Å². The molecule has 118 valence electrons. The maximum Gasteiger partial charge on any atom is 0.240 e. The third-order valence-corrected chi connectivity index (χ3v) is 5.57. The molecule has 0 unspecified atom stereocenters. The second kappa shape index (κ2) is 6.87. The normalized spacial score (nSPS) is 15.5. The van der Waals surface area contributed by atoms with Gasteiger partial charge in [-0.05, 0) is 51.1 Å². The first kappa shape index (κ1) is 16.4. The topological polar surface area (TPSA) is 61.4 Å². The van der Waals surface area contributed by atoms with E-state index in [0.29, 0.717) is 24.0 Å². The highest BCUT2D eigenvalue weighted by Gasteiger charge is 2.21. The summed E-state index contributed by atoms with van der Waals surface area (Å²) in [4.78, 5) is 2.56. The Morgan fingerprint density at radius 2 is 2.14 bits per heavy atom. The van der Waals surface area contributed by atoms with E-state index in [1.54, 1.807) is 6.07 Å². The van der Waals surface area contributed by atoms with Crippen molar-refractivity contribution in [1.82, 2.24) is 14.9 Å². The number of hydrogen-bond acceptors (Lipinski definition) is 4. The second-order valence-corrected chi connectivity index (χ2v) is 7.53. The zero-order chi connectivity index (χ0) is 15.5. The number of fused-ring (bicyclic) bond motifs is 1. The van der Waals surface area contributed by atoms with E-state index in [9.17, 15) is 8.42 Å². The smallest absolute Gasteiger partial charge is 0.240 e. The Morgan fingerprint density at radius 1 is 1.38 bits per heavy atom. The van der Waals surface area contributed by atoms with Gasteiger partial charge in [0.25, 0.3) is 0 Å². The molecule has 1 aromatic rings. The van der Waals surface area contributed by atoms with Crippen LogP contribution in [-0.2, 0) is 23.0 Å². The predicted molar refractivity (Wildman–Crippen MR) is 84.8 cm³/mol. The van der Waals surface area contributed by atoms with Crippen molar-refractivity contribution in [2.75, 3.05) is 26.7 Å². The monoisotopic (exact) mass is 311 g/mol. The number of nitrogens with zero attached hydrogens (tertiary/aromatic N) is 1. The van der Waals surface area contributed by atoms with E-state index in [1.807, 2.05) is 19.2 Å². The van der Waals surface area contributed by atoms with E-state index in [0.717, 1.165) is 30.6 Å². The molecule has 0 fully saturated rings. The molecule has 0 radical (unpaired) electrons. The van der Waals surface area contributed by atoms with Crippen LogP contribution in [0.3, 0.4) is 0 Å². The van der Waals surface area contributed by atoms with Crippen LogP contribution in [0.4, 0.5) is 0 Å². The fraction of sp³-hybridized carbons (Fsp3) is 0.600. The summed E-state index contributed by atoms with van der Waals surface area (Å²) in [6.07, 6.45) is 0.762. The molecule has 1 aliphatic heterocycles. The van der Waals surface area contributed by atoms with Crippen LogP contribution in [0.5, 0.6) is 0 Å². The lowest BCUT2D eigenvalue weighted by molar-refractivity contribution is 0.278. The highest BCUT2D eigenvalue weighted by molar-refractivity contribution is 7.89. The summed E-state index contributed by atoms with van der Waals surface area (Å²) in [5.41, 5.74) is 2.05. The fourth-order valence-electron chi connectivity index (χ4n) is 2.44. The number of benzene rings is 1. The van der Waals surface area contributed by atoms with E-state index < -0.39 is 10.0 Å². The van der Waals surface area contributed by atoms with E-state index in [4.69, 9.17) is 0 Å². The lowest BCUT2D eigenvalue weighted by atomic mass is 10.0. The van der Waals surface area contributed by atoms with E-state index in [1.165, 1.54) is 0 Å². The van der Waals surface area contributed by atoms with Gasteiger partial charge < -0.3 is 10.2 Å². The molecule has 5 nitrogen and oxygen atoms in total. The summed E-state index contributed by atoms with van der Waals surface area (Å²) >= 11 is 0. The molecule has 1 aliphatic rings. The van der Waals surface area contributed by atoms with Crippen LogP contribution < -0.4 is 10.0 Å². The van der Waals surface area contributed by atoms with Gasteiger partial charge in [-0.1, -0.05) is 12.1 Å². The molecule has 1 heterocycles. The SMILES string of the molecule is CC(C)N(C)CCNS(=O)(=O)c1cccc2c1CCNC2. The first-order chi connectivity index (χ1) is 9.92. The molecule has 2 rings (SSSR count). The molecular formula is C15H25N3O2S. The van der Waals surface area contributed by atoms with Crippen LogP contribution in [0, 0.1) is 0 Å². The van der Waals surface area contributed by atoms with Crippen LogP contribution in [0.1, 0.15) is 25.0 Å². The lowest BCUT2D eigenvalue weighted by Crippen LogP contribution is -2.36. The molecule has 21 heavy (non-hydrogen) atoms. The average Bonchev–Trinajstić information content (AvgIpc) is 2.46. The molecule has 0 saturated heterocycles. The largest absolute Gasteiger partial charge is 0.312 e. The minimum Gasteiger partial charge on any atom is -0.312 e. The highest BCUT2D eigenvalue weighted by atomic mass is 32.2. The fourth-order valence-corrected chi connectivity index (χ4v) is 3.77. The van der Waals surface area contributed by atoms with E-state index in [-0.39, 0.29) is 0 Å². The summed E-state index contributed by atoms with van der Waals surface area (Å²) in [6.45, 7) is 6.89. The summed E-state index contributed by atoms with van der Waals surface area (Å²) in [5.74, 6) is 0. The molecule has 0 amide bonds. The van der Waals surface area contributed by atoms with Crippen LogP contribution in [-0.4, -0.2) is 46.0 Å². The third kappa shape index (κ3) is 4.03. The molecule has 2 N–H and O–H groups in total. The van der Waals surface area contributed by atoms with Gasteiger partial charge in [0.1, 0.15) is 0 Å². The van der Waals surface area contributed by atoms with E-state index >= 15 is 0 Å². The van der Waals surface area contributed by atoms with Crippen molar-refractivity contribution in [2.45, 2.75) is 37.8 Å². The van der Waals surface area contributed by atoms with Crippen LogP contribution in [0.15, 0.2) is 23.1 Å². The molecule has 0 spiro atoms. The maximum absolute atomic E-state index is 12.5. The Morgan fingerprint density at radius 3 is 2.86 bits per heavy atom. The highest BCUT2D eigenvalue weighted by Crippen LogP contribution is 2.22. The van der Waals surface area contributed by atoms with Gasteiger partial charge in [0.15, 0.2) is 0 Å². The van der Waals surface area contributed by atoms with Crippen LogP contribution >= 0.6 is 0 Å². The van der Waals surface area contributed by atoms with Crippen molar-refractivity contribution < 1.29 is 8.42 Å². The van der Waals surface area contributed by atoms with Gasteiger partial charge in [0.2, 0.25) is 10.0 Å². The standard InChI is InChI=1S/C15H25N3O2S/c1-12(2)18(3)10-9-17-21(19,20)15-6-4-5-13-11-16-8-7-14(13)15/h4-6,12,16-17H,7-11H2,1-3H3. The van der Waals surface area contributed by atoms with Crippen molar-refractivity contribution >= 4 is 10.0 Å². The van der Waals surface area contributed by atoms with Gasteiger partial charge >= 0.3 is 0 Å². The minimum absolute atomic E-state index is 0.407. The number of sulfonamides is 1. The number of likely N-dealkylation sites (N-methyl/N-ethyl adjacent to an activating group) is 1. The Balaban J connectivity index is 2.10. The van der Waals surface area contributed by atoms with Gasteiger partial charge in [-0.25, -0.2) is 13.1 Å².